The van der Waals surface area contributed by atoms with Crippen molar-refractivity contribution < 1.29 is 22.8 Å². The molecule has 0 atom stereocenters. The lowest BCUT2D eigenvalue weighted by Gasteiger charge is -1.99. The predicted octanol–water partition coefficient (Wildman–Crippen LogP) is 1.17. The topological polar surface area (TPSA) is 141 Å². The third-order valence-corrected chi connectivity index (χ3v) is 2.52. The molecule has 11 heteroatoms. The Balaban J connectivity index is 0.00000256. The molecular weight excluding hydrogens is 280 g/mol. The molecule has 0 aliphatic rings. The summed E-state index contributed by atoms with van der Waals surface area (Å²) in [5.74, 6) is 0. The van der Waals surface area contributed by atoms with Crippen LogP contribution in [0.1, 0.15) is 0 Å². The van der Waals surface area contributed by atoms with Crippen molar-refractivity contribution in [3.63, 3.8) is 0 Å². The Morgan fingerprint density at radius 3 is 2.00 bits per heavy atom. The molecule has 1 aromatic rings. The summed E-state index contributed by atoms with van der Waals surface area (Å²) in [4.78, 5) is 17.5. The number of hydrogen-bond donors (Lipinski definition) is 1. The first kappa shape index (κ1) is 15.2. The van der Waals surface area contributed by atoms with Gasteiger partial charge in [-0.2, -0.15) is 8.42 Å². The van der Waals surface area contributed by atoms with Crippen LogP contribution in [0.4, 0.5) is 11.4 Å². The van der Waals surface area contributed by atoms with Crippen LogP contribution in [0, 0.1) is 20.2 Å². The normalized spacial score (nSPS) is 10.4. The summed E-state index contributed by atoms with van der Waals surface area (Å²) in [6, 6.07) is 2.40. The lowest BCUT2D eigenvalue weighted by Crippen LogP contribution is -2.05. The molecule has 0 saturated carbocycles. The molecule has 0 spiro atoms. The van der Waals surface area contributed by atoms with Gasteiger partial charge in [-0.25, -0.2) is 0 Å². The summed E-state index contributed by atoms with van der Waals surface area (Å²) >= 11 is 0. The molecule has 0 aliphatic carbocycles. The molecule has 1 aromatic carbocycles. The molecule has 94 valence electrons. The van der Waals surface area contributed by atoms with Gasteiger partial charge in [-0.1, -0.05) is 6.07 Å². The minimum atomic E-state index is -4.88. The van der Waals surface area contributed by atoms with Crippen LogP contribution < -0.4 is 0 Å². The van der Waals surface area contributed by atoms with Gasteiger partial charge in [-0.05, 0) is 6.07 Å². The van der Waals surface area contributed by atoms with Crippen molar-refractivity contribution in [1.29, 1.82) is 0 Å². The highest BCUT2D eigenvalue weighted by Crippen LogP contribution is 2.32. The van der Waals surface area contributed by atoms with Gasteiger partial charge in [0.1, 0.15) is 0 Å². The molecule has 0 aliphatic heterocycles. The Kier molecular flexibility index (Phi) is 4.51. The van der Waals surface area contributed by atoms with Gasteiger partial charge in [0.25, 0.3) is 0 Å². The van der Waals surface area contributed by atoms with E-state index >= 15 is 0 Å². The molecule has 0 fully saturated rings. The maximum atomic E-state index is 10.8. The van der Waals surface area contributed by atoms with E-state index in [0.29, 0.717) is 6.07 Å². The van der Waals surface area contributed by atoms with Gasteiger partial charge in [-0.15, -0.1) is 12.4 Å². The van der Waals surface area contributed by atoms with E-state index in [2.05, 4.69) is 0 Å². The summed E-state index contributed by atoms with van der Waals surface area (Å²) < 4.78 is 30.2. The Morgan fingerprint density at radius 1 is 1.12 bits per heavy atom. The standard InChI is InChI=1S/C6H4N2O7S.ClH/c9-7(10)4-2-1-3-5(16(13,14)15)6(4)8(11)12;/h1-3H,(H,13,14,15);1H. The van der Waals surface area contributed by atoms with E-state index in [-0.39, 0.29) is 12.4 Å². The van der Waals surface area contributed by atoms with Crippen LogP contribution in [0.5, 0.6) is 0 Å². The molecular formula is C6H5ClN2O7S. The van der Waals surface area contributed by atoms with Gasteiger partial charge >= 0.3 is 21.5 Å². The summed E-state index contributed by atoms with van der Waals surface area (Å²) in [6.45, 7) is 0. The first-order valence-corrected chi connectivity index (χ1v) is 5.08. The van der Waals surface area contributed by atoms with E-state index in [1.807, 2.05) is 0 Å². The third kappa shape index (κ3) is 3.09. The zero-order valence-electron chi connectivity index (χ0n) is 7.84. The van der Waals surface area contributed by atoms with Crippen LogP contribution >= 0.6 is 12.4 Å². The second-order valence-electron chi connectivity index (χ2n) is 2.61. The van der Waals surface area contributed by atoms with Crippen LogP contribution in [-0.4, -0.2) is 22.8 Å². The van der Waals surface area contributed by atoms with Crippen LogP contribution in [-0.2, 0) is 10.1 Å². The second-order valence-corrected chi connectivity index (χ2v) is 4.00. The predicted molar refractivity (Wildman–Crippen MR) is 56.8 cm³/mol. The summed E-state index contributed by atoms with van der Waals surface area (Å²) in [7, 11) is -4.88. The fourth-order valence-corrected chi connectivity index (χ4v) is 1.72. The van der Waals surface area contributed by atoms with Gasteiger partial charge in [0.2, 0.25) is 0 Å². The van der Waals surface area contributed by atoms with Crippen LogP contribution in [0.25, 0.3) is 0 Å². The van der Waals surface area contributed by atoms with Crippen LogP contribution in [0.15, 0.2) is 23.1 Å². The molecule has 0 unspecified atom stereocenters. The number of benzene rings is 1. The first-order chi connectivity index (χ1) is 7.25. The van der Waals surface area contributed by atoms with Crippen molar-refractivity contribution in [2.45, 2.75) is 4.90 Å². The fraction of sp³-hybridized carbons (Fsp3) is 0. The smallest absolute Gasteiger partial charge is 0.282 e. The van der Waals surface area contributed by atoms with Crippen LogP contribution in [0.2, 0.25) is 0 Å². The number of halogens is 1. The zero-order chi connectivity index (χ0) is 12.5. The Bertz CT molecular complexity index is 570. The summed E-state index contributed by atoms with van der Waals surface area (Å²) in [6.07, 6.45) is 0. The lowest BCUT2D eigenvalue weighted by molar-refractivity contribution is -0.424. The third-order valence-electron chi connectivity index (χ3n) is 1.63. The summed E-state index contributed by atoms with van der Waals surface area (Å²) in [5, 5.41) is 20.9. The zero-order valence-corrected chi connectivity index (χ0v) is 9.47. The van der Waals surface area contributed by atoms with Crippen molar-refractivity contribution in [2.24, 2.45) is 0 Å². The molecule has 0 saturated heterocycles. The molecule has 0 heterocycles. The lowest BCUT2D eigenvalue weighted by atomic mass is 10.3. The van der Waals surface area contributed by atoms with Gasteiger partial charge in [0.05, 0.1) is 9.85 Å². The number of nitrogens with zero attached hydrogens (tertiary/aromatic N) is 2. The minimum absolute atomic E-state index is 0. The van der Waals surface area contributed by atoms with Crippen molar-refractivity contribution in [3.8, 4) is 0 Å². The Hall–Kier alpha value is -1.78. The van der Waals surface area contributed by atoms with Crippen molar-refractivity contribution >= 4 is 33.9 Å². The SMILES string of the molecule is Cl.O=[N+]([O-])c1cccc(S(=O)(=O)O)c1[N+](=O)[O-]. The molecule has 0 amide bonds. The monoisotopic (exact) mass is 284 g/mol. The number of para-hydroxylation sites is 1. The van der Waals surface area contributed by atoms with Crippen molar-refractivity contribution in [3.05, 3.63) is 38.4 Å². The van der Waals surface area contributed by atoms with Crippen molar-refractivity contribution in [1.82, 2.24) is 0 Å². The molecule has 0 bridgehead atoms. The number of nitro groups is 2. The molecule has 0 aromatic heterocycles. The van der Waals surface area contributed by atoms with E-state index in [4.69, 9.17) is 4.55 Å². The second kappa shape index (κ2) is 5.03. The summed E-state index contributed by atoms with van der Waals surface area (Å²) in [5.41, 5.74) is -2.25. The molecule has 1 N–H and O–H groups in total. The van der Waals surface area contributed by atoms with Gasteiger partial charge in [0.15, 0.2) is 4.90 Å². The van der Waals surface area contributed by atoms with E-state index in [1.165, 1.54) is 0 Å². The van der Waals surface area contributed by atoms with Gasteiger partial charge in [-0.3, -0.25) is 24.8 Å². The highest BCUT2D eigenvalue weighted by molar-refractivity contribution is 7.86. The largest absolute Gasteiger partial charge is 0.366 e. The quantitative estimate of drug-likeness (QED) is 0.499. The van der Waals surface area contributed by atoms with Gasteiger partial charge < -0.3 is 0 Å². The number of hydrogen-bond acceptors (Lipinski definition) is 6. The molecule has 0 radical (unpaired) electrons. The number of rotatable bonds is 3. The highest BCUT2D eigenvalue weighted by atomic mass is 35.5. The maximum absolute atomic E-state index is 10.8. The maximum Gasteiger partial charge on any atom is 0.366 e. The van der Waals surface area contributed by atoms with E-state index in [9.17, 15) is 28.6 Å². The van der Waals surface area contributed by atoms with Crippen molar-refractivity contribution in [2.75, 3.05) is 0 Å². The molecule has 1 rings (SSSR count). The van der Waals surface area contributed by atoms with E-state index in [1.54, 1.807) is 0 Å². The molecule has 17 heavy (non-hydrogen) atoms. The Labute approximate surface area is 101 Å². The fourth-order valence-electron chi connectivity index (χ4n) is 1.05. The number of nitro benzene ring substituents is 2. The van der Waals surface area contributed by atoms with Crippen LogP contribution in [0.3, 0.4) is 0 Å². The van der Waals surface area contributed by atoms with Gasteiger partial charge in [0, 0.05) is 6.07 Å². The van der Waals surface area contributed by atoms with E-state index < -0.39 is 36.2 Å². The minimum Gasteiger partial charge on any atom is -0.282 e. The average Bonchev–Trinajstić information content (AvgIpc) is 2.14. The highest BCUT2D eigenvalue weighted by Gasteiger charge is 2.33. The average molecular weight is 285 g/mol. The first-order valence-electron chi connectivity index (χ1n) is 3.64. The Morgan fingerprint density at radius 2 is 1.65 bits per heavy atom. The molecule has 9 nitrogen and oxygen atoms in total. The van der Waals surface area contributed by atoms with E-state index in [0.717, 1.165) is 12.1 Å².